The van der Waals surface area contributed by atoms with Crippen molar-refractivity contribution in [2.45, 2.75) is 6.10 Å². The van der Waals surface area contributed by atoms with Crippen LogP contribution in [0.2, 0.25) is 0 Å². The zero-order chi connectivity index (χ0) is 14.8. The third-order valence-electron chi connectivity index (χ3n) is 3.61. The van der Waals surface area contributed by atoms with Gasteiger partial charge in [-0.2, -0.15) is 4.98 Å². The Labute approximate surface area is 140 Å². The van der Waals surface area contributed by atoms with Crippen LogP contribution in [0.25, 0.3) is 22.8 Å². The second-order valence-electron chi connectivity index (χ2n) is 5.21. The highest BCUT2D eigenvalue weighted by molar-refractivity contribution is 5.85. The average Bonchev–Trinajstić information content (AvgIpc) is 3.02. The summed E-state index contributed by atoms with van der Waals surface area (Å²) >= 11 is 0. The van der Waals surface area contributed by atoms with Gasteiger partial charge in [-0.25, -0.2) is 0 Å². The monoisotopic (exact) mass is 329 g/mol. The number of aromatic nitrogens is 2. The van der Waals surface area contributed by atoms with Gasteiger partial charge in [0.05, 0.1) is 0 Å². The van der Waals surface area contributed by atoms with E-state index < -0.39 is 0 Å². The van der Waals surface area contributed by atoms with Crippen molar-refractivity contribution in [3.8, 4) is 28.6 Å². The molecule has 0 radical (unpaired) electrons. The first-order valence-corrected chi connectivity index (χ1v) is 7.25. The molecule has 4 rings (SSSR count). The van der Waals surface area contributed by atoms with Crippen LogP contribution in [0, 0.1) is 0 Å². The summed E-state index contributed by atoms with van der Waals surface area (Å²) in [6.45, 7) is 1.82. The van der Waals surface area contributed by atoms with Crippen molar-refractivity contribution in [2.24, 2.45) is 0 Å². The van der Waals surface area contributed by atoms with E-state index in [9.17, 15) is 0 Å². The molecule has 1 aliphatic rings. The molecule has 0 unspecified atom stereocenters. The van der Waals surface area contributed by atoms with Crippen molar-refractivity contribution in [1.82, 2.24) is 15.5 Å². The molecule has 6 heteroatoms. The summed E-state index contributed by atoms with van der Waals surface area (Å²) in [4.78, 5) is 4.44. The van der Waals surface area contributed by atoms with E-state index in [1.54, 1.807) is 0 Å². The molecule has 3 aromatic rings. The largest absolute Gasteiger partial charge is 0.488 e. The second-order valence-corrected chi connectivity index (χ2v) is 5.21. The molecule has 1 aromatic heterocycles. The first-order chi connectivity index (χ1) is 10.9. The number of nitrogens with zero attached hydrogens (tertiary/aromatic N) is 2. The van der Waals surface area contributed by atoms with E-state index in [2.05, 4.69) is 15.5 Å². The summed E-state index contributed by atoms with van der Waals surface area (Å²) in [5.74, 6) is 1.97. The van der Waals surface area contributed by atoms with Crippen LogP contribution in [0.15, 0.2) is 59.1 Å². The molecule has 0 bridgehead atoms. The number of hydrogen-bond donors (Lipinski definition) is 1. The quantitative estimate of drug-likeness (QED) is 0.796. The van der Waals surface area contributed by atoms with Crippen molar-refractivity contribution in [1.29, 1.82) is 0 Å². The highest BCUT2D eigenvalue weighted by atomic mass is 35.5. The molecule has 23 heavy (non-hydrogen) atoms. The van der Waals surface area contributed by atoms with E-state index in [-0.39, 0.29) is 18.5 Å². The van der Waals surface area contributed by atoms with E-state index in [4.69, 9.17) is 9.26 Å². The van der Waals surface area contributed by atoms with Crippen LogP contribution in [0.5, 0.6) is 5.75 Å². The highest BCUT2D eigenvalue weighted by Crippen LogP contribution is 2.24. The van der Waals surface area contributed by atoms with Crippen LogP contribution in [0.4, 0.5) is 0 Å². The van der Waals surface area contributed by atoms with Gasteiger partial charge in [0.2, 0.25) is 5.82 Å². The van der Waals surface area contributed by atoms with E-state index in [0.29, 0.717) is 11.7 Å². The lowest BCUT2D eigenvalue weighted by Gasteiger charge is -2.27. The molecule has 0 atom stereocenters. The number of hydrogen-bond acceptors (Lipinski definition) is 5. The van der Waals surface area contributed by atoms with Gasteiger partial charge in [0, 0.05) is 24.2 Å². The summed E-state index contributed by atoms with van der Waals surface area (Å²) in [6, 6.07) is 17.5. The summed E-state index contributed by atoms with van der Waals surface area (Å²) in [5.41, 5.74) is 1.82. The first kappa shape index (κ1) is 15.5. The van der Waals surface area contributed by atoms with Gasteiger partial charge in [-0.3, -0.25) is 0 Å². The van der Waals surface area contributed by atoms with Crippen LogP contribution >= 0.6 is 12.4 Å². The minimum atomic E-state index is 0. The van der Waals surface area contributed by atoms with Gasteiger partial charge < -0.3 is 14.6 Å². The fourth-order valence-corrected chi connectivity index (χ4v) is 2.26. The third kappa shape index (κ3) is 3.36. The van der Waals surface area contributed by atoms with Crippen molar-refractivity contribution in [3.05, 3.63) is 54.6 Å². The SMILES string of the molecule is Cl.c1ccc(-c2nc(-c3ccc(OC4CNC4)cc3)no2)cc1. The van der Waals surface area contributed by atoms with Crippen molar-refractivity contribution in [2.75, 3.05) is 13.1 Å². The van der Waals surface area contributed by atoms with Crippen LogP contribution in [-0.4, -0.2) is 29.3 Å². The minimum absolute atomic E-state index is 0. The molecule has 2 heterocycles. The predicted molar refractivity (Wildman–Crippen MR) is 89.7 cm³/mol. The summed E-state index contributed by atoms with van der Waals surface area (Å²) in [5, 5.41) is 7.22. The Kier molecular flexibility index (Phi) is 4.60. The number of benzene rings is 2. The van der Waals surface area contributed by atoms with Crippen molar-refractivity contribution < 1.29 is 9.26 Å². The Morgan fingerprint density at radius 1 is 0.957 bits per heavy atom. The molecule has 0 saturated carbocycles. The van der Waals surface area contributed by atoms with E-state index >= 15 is 0 Å². The van der Waals surface area contributed by atoms with Crippen LogP contribution < -0.4 is 10.1 Å². The Morgan fingerprint density at radius 2 is 1.70 bits per heavy atom. The number of ether oxygens (including phenoxy) is 1. The maximum absolute atomic E-state index is 5.79. The summed E-state index contributed by atoms with van der Waals surface area (Å²) in [7, 11) is 0. The number of rotatable bonds is 4. The molecule has 5 nitrogen and oxygen atoms in total. The number of halogens is 1. The predicted octanol–water partition coefficient (Wildman–Crippen LogP) is 3.18. The second kappa shape index (κ2) is 6.81. The molecular formula is C17H16ClN3O2. The van der Waals surface area contributed by atoms with Crippen LogP contribution in [0.3, 0.4) is 0 Å². The smallest absolute Gasteiger partial charge is 0.258 e. The molecule has 0 amide bonds. The van der Waals surface area contributed by atoms with Gasteiger partial charge in [-0.1, -0.05) is 23.4 Å². The molecule has 0 aliphatic carbocycles. The highest BCUT2D eigenvalue weighted by Gasteiger charge is 2.18. The zero-order valence-electron chi connectivity index (χ0n) is 12.3. The maximum atomic E-state index is 5.79. The van der Waals surface area contributed by atoms with Gasteiger partial charge in [0.1, 0.15) is 11.9 Å². The normalized spacial score (nSPS) is 13.9. The molecule has 1 saturated heterocycles. The van der Waals surface area contributed by atoms with Crippen LogP contribution in [-0.2, 0) is 0 Å². The maximum Gasteiger partial charge on any atom is 0.258 e. The topological polar surface area (TPSA) is 60.2 Å². The molecule has 1 aliphatic heterocycles. The standard InChI is InChI=1S/C17H15N3O2.ClH/c1-2-4-13(5-3-1)17-19-16(20-22-17)12-6-8-14(9-7-12)21-15-10-18-11-15;/h1-9,15,18H,10-11H2;1H. The molecule has 1 N–H and O–H groups in total. The van der Waals surface area contributed by atoms with Crippen LogP contribution in [0.1, 0.15) is 0 Å². The van der Waals surface area contributed by atoms with Crippen molar-refractivity contribution in [3.63, 3.8) is 0 Å². The lowest BCUT2D eigenvalue weighted by molar-refractivity contribution is 0.142. The Hall–Kier alpha value is -2.37. The van der Waals surface area contributed by atoms with Crippen molar-refractivity contribution >= 4 is 12.4 Å². The Morgan fingerprint density at radius 3 is 2.35 bits per heavy atom. The molecule has 0 spiro atoms. The fourth-order valence-electron chi connectivity index (χ4n) is 2.26. The molecular weight excluding hydrogens is 314 g/mol. The van der Waals surface area contributed by atoms with Gasteiger partial charge in [0.15, 0.2) is 0 Å². The Balaban J connectivity index is 0.00000156. The van der Waals surface area contributed by atoms with Gasteiger partial charge in [-0.15, -0.1) is 12.4 Å². The average molecular weight is 330 g/mol. The number of nitrogens with one attached hydrogen (secondary N) is 1. The van der Waals surface area contributed by atoms with Gasteiger partial charge >= 0.3 is 0 Å². The van der Waals surface area contributed by atoms with Gasteiger partial charge in [-0.05, 0) is 36.4 Å². The van der Waals surface area contributed by atoms with E-state index in [0.717, 1.165) is 30.0 Å². The first-order valence-electron chi connectivity index (χ1n) is 7.25. The molecule has 118 valence electrons. The van der Waals surface area contributed by atoms with E-state index in [1.165, 1.54) is 0 Å². The lowest BCUT2D eigenvalue weighted by Crippen LogP contribution is -2.50. The summed E-state index contributed by atoms with van der Waals surface area (Å²) in [6.07, 6.45) is 0.278. The Bertz CT molecular complexity index is 755. The molecule has 2 aromatic carbocycles. The van der Waals surface area contributed by atoms with Gasteiger partial charge in [0.25, 0.3) is 5.89 Å². The lowest BCUT2D eigenvalue weighted by atomic mass is 10.2. The zero-order valence-corrected chi connectivity index (χ0v) is 13.1. The van der Waals surface area contributed by atoms with E-state index in [1.807, 2.05) is 54.6 Å². The molecule has 1 fully saturated rings. The summed E-state index contributed by atoms with van der Waals surface area (Å²) < 4.78 is 11.1. The minimum Gasteiger partial charge on any atom is -0.488 e. The fraction of sp³-hybridized carbons (Fsp3) is 0.176. The third-order valence-corrected chi connectivity index (χ3v) is 3.61.